The first-order valence-corrected chi connectivity index (χ1v) is 11.4. The highest BCUT2D eigenvalue weighted by molar-refractivity contribution is 5.76. The molecule has 0 fully saturated rings. The molecule has 0 saturated heterocycles. The van der Waals surface area contributed by atoms with Crippen LogP contribution in [0.1, 0.15) is 24.8 Å². The van der Waals surface area contributed by atoms with Crippen molar-refractivity contribution in [1.29, 1.82) is 0 Å². The average molecular weight is 460 g/mol. The molecule has 1 heterocycles. The van der Waals surface area contributed by atoms with E-state index in [9.17, 15) is 13.6 Å². The monoisotopic (exact) mass is 459 g/mol. The minimum Gasteiger partial charge on any atom is -0.490 e. The van der Waals surface area contributed by atoms with Gasteiger partial charge in [-0.2, -0.15) is 0 Å². The van der Waals surface area contributed by atoms with Gasteiger partial charge in [-0.25, -0.2) is 4.98 Å². The van der Waals surface area contributed by atoms with Gasteiger partial charge in [0, 0.05) is 19.4 Å². The number of nitrogens with zero attached hydrogens (tertiary/aromatic N) is 2. The van der Waals surface area contributed by atoms with Crippen LogP contribution in [0.5, 0.6) is 11.5 Å². The molecule has 178 valence electrons. The van der Waals surface area contributed by atoms with E-state index >= 15 is 0 Å². The Balaban J connectivity index is 1.45. The highest BCUT2D eigenvalue weighted by atomic mass is 19.1. The number of nitrogens with one attached hydrogen (secondary N) is 1. The maximum absolute atomic E-state index is 12.5. The predicted octanol–water partition coefficient (Wildman–Crippen LogP) is 4.10. The Morgan fingerprint density at radius 3 is 2.45 bits per heavy atom. The van der Waals surface area contributed by atoms with Gasteiger partial charge in [-0.15, -0.1) is 0 Å². The normalized spacial score (nSPS) is 11.1. The van der Waals surface area contributed by atoms with Gasteiger partial charge < -0.3 is 14.8 Å². The van der Waals surface area contributed by atoms with Crippen LogP contribution in [0, 0.1) is 0 Å². The summed E-state index contributed by atoms with van der Waals surface area (Å²) >= 11 is 0. The SMILES string of the molecule is O=c1c2ccccc2ncn1CCCNCCc1ccc(OCCCF)c(OCCCF)c1. The van der Waals surface area contributed by atoms with Gasteiger partial charge in [0.2, 0.25) is 0 Å². The molecule has 3 aromatic rings. The van der Waals surface area contributed by atoms with E-state index in [0.29, 0.717) is 41.8 Å². The molecular weight excluding hydrogens is 428 g/mol. The van der Waals surface area contributed by atoms with Crippen molar-refractivity contribution < 1.29 is 18.3 Å². The van der Waals surface area contributed by atoms with Gasteiger partial charge in [-0.1, -0.05) is 18.2 Å². The minimum atomic E-state index is -0.441. The Hall–Kier alpha value is -3.00. The predicted molar refractivity (Wildman–Crippen MR) is 126 cm³/mol. The highest BCUT2D eigenvalue weighted by Gasteiger charge is 2.08. The van der Waals surface area contributed by atoms with Crippen molar-refractivity contribution >= 4 is 10.9 Å². The largest absolute Gasteiger partial charge is 0.490 e. The summed E-state index contributed by atoms with van der Waals surface area (Å²) < 4.78 is 37.6. The van der Waals surface area contributed by atoms with E-state index in [1.54, 1.807) is 17.0 Å². The summed E-state index contributed by atoms with van der Waals surface area (Å²) in [6.45, 7) is 1.78. The fourth-order valence-corrected chi connectivity index (χ4v) is 3.41. The van der Waals surface area contributed by atoms with Gasteiger partial charge >= 0.3 is 0 Å². The molecular formula is C25H31F2N3O3. The number of fused-ring (bicyclic) bond motifs is 1. The first-order valence-electron chi connectivity index (χ1n) is 11.4. The Morgan fingerprint density at radius 1 is 0.909 bits per heavy atom. The molecule has 0 aliphatic rings. The lowest BCUT2D eigenvalue weighted by Gasteiger charge is -2.14. The van der Waals surface area contributed by atoms with E-state index in [1.165, 1.54) is 0 Å². The van der Waals surface area contributed by atoms with Crippen LogP contribution >= 0.6 is 0 Å². The van der Waals surface area contributed by atoms with Crippen molar-refractivity contribution in [3.63, 3.8) is 0 Å². The van der Waals surface area contributed by atoms with Gasteiger partial charge in [0.25, 0.3) is 5.56 Å². The standard InChI is InChI=1S/C25H31F2N3O3/c26-11-3-16-32-23-9-8-20(18-24(23)33-17-4-12-27)10-14-28-13-5-15-30-19-29-22-7-2-1-6-21(22)25(30)31/h1-2,6-9,18-19,28H,3-5,10-17H2. The number of hydrogen-bond acceptors (Lipinski definition) is 5. The van der Waals surface area contributed by atoms with Crippen LogP contribution in [-0.4, -0.2) is 49.2 Å². The molecule has 0 amide bonds. The number of para-hydroxylation sites is 1. The molecule has 0 aliphatic carbocycles. The van der Waals surface area contributed by atoms with Gasteiger partial charge in [0.1, 0.15) is 0 Å². The molecule has 3 rings (SSSR count). The quantitative estimate of drug-likeness (QED) is 0.347. The average Bonchev–Trinajstić information content (AvgIpc) is 2.84. The summed E-state index contributed by atoms with van der Waals surface area (Å²) in [4.78, 5) is 16.9. The second-order valence-electron chi connectivity index (χ2n) is 7.68. The Bertz CT molecular complexity index is 1060. The van der Waals surface area contributed by atoms with Crippen molar-refractivity contribution in [2.75, 3.05) is 39.7 Å². The molecule has 0 saturated carbocycles. The first kappa shape index (κ1) is 24.6. The van der Waals surface area contributed by atoms with Crippen LogP contribution in [0.2, 0.25) is 0 Å². The topological polar surface area (TPSA) is 65.4 Å². The molecule has 1 aromatic heterocycles. The molecule has 0 unspecified atom stereocenters. The van der Waals surface area contributed by atoms with Gasteiger partial charge in [0.05, 0.1) is 43.8 Å². The zero-order chi connectivity index (χ0) is 23.3. The molecule has 1 N–H and O–H groups in total. The molecule has 0 radical (unpaired) electrons. The second-order valence-corrected chi connectivity index (χ2v) is 7.68. The third-order valence-electron chi connectivity index (χ3n) is 5.15. The maximum Gasteiger partial charge on any atom is 0.261 e. The summed E-state index contributed by atoms with van der Waals surface area (Å²) in [5.41, 5.74) is 1.75. The number of aryl methyl sites for hydroxylation is 1. The third kappa shape index (κ3) is 7.53. The van der Waals surface area contributed by atoms with Gasteiger partial charge in [0.15, 0.2) is 11.5 Å². The van der Waals surface area contributed by atoms with E-state index in [1.807, 2.05) is 36.4 Å². The zero-order valence-corrected chi connectivity index (χ0v) is 18.8. The molecule has 0 atom stereocenters. The second kappa shape index (κ2) is 13.5. The van der Waals surface area contributed by atoms with Crippen LogP contribution in [0.15, 0.2) is 53.6 Å². The van der Waals surface area contributed by atoms with Crippen molar-refractivity contribution in [3.8, 4) is 11.5 Å². The summed E-state index contributed by atoms with van der Waals surface area (Å²) in [7, 11) is 0. The number of benzene rings is 2. The van der Waals surface area contributed by atoms with Crippen molar-refractivity contribution in [3.05, 3.63) is 64.7 Å². The van der Waals surface area contributed by atoms with Gasteiger partial charge in [-0.05, 0) is 55.8 Å². The Labute approximate surface area is 192 Å². The molecule has 8 heteroatoms. The fraction of sp³-hybridized carbons (Fsp3) is 0.440. The molecule has 0 aliphatic heterocycles. The fourth-order valence-electron chi connectivity index (χ4n) is 3.41. The number of hydrogen-bond donors (Lipinski definition) is 1. The minimum absolute atomic E-state index is 0.0188. The van der Waals surface area contributed by atoms with Crippen molar-refractivity contribution in [2.24, 2.45) is 0 Å². The van der Waals surface area contributed by atoms with E-state index in [-0.39, 0.29) is 18.8 Å². The van der Waals surface area contributed by atoms with Crippen LogP contribution in [0.3, 0.4) is 0 Å². The molecule has 0 bridgehead atoms. The lowest BCUT2D eigenvalue weighted by Crippen LogP contribution is -2.24. The van der Waals surface area contributed by atoms with Crippen LogP contribution in [0.25, 0.3) is 10.9 Å². The van der Waals surface area contributed by atoms with Crippen molar-refractivity contribution in [1.82, 2.24) is 14.9 Å². The van der Waals surface area contributed by atoms with Crippen LogP contribution < -0.4 is 20.3 Å². The lowest BCUT2D eigenvalue weighted by atomic mass is 10.1. The summed E-state index contributed by atoms with van der Waals surface area (Å²) in [6.07, 6.45) is 3.81. The Morgan fingerprint density at radius 2 is 1.67 bits per heavy atom. The molecule has 33 heavy (non-hydrogen) atoms. The maximum atomic E-state index is 12.5. The van der Waals surface area contributed by atoms with E-state index in [0.717, 1.165) is 31.5 Å². The molecule has 6 nitrogen and oxygen atoms in total. The highest BCUT2D eigenvalue weighted by Crippen LogP contribution is 2.29. The van der Waals surface area contributed by atoms with E-state index in [2.05, 4.69) is 10.3 Å². The number of alkyl halides is 2. The summed E-state index contributed by atoms with van der Waals surface area (Å²) in [6, 6.07) is 13.0. The number of aromatic nitrogens is 2. The molecule has 0 spiro atoms. The third-order valence-corrected chi connectivity index (χ3v) is 5.15. The van der Waals surface area contributed by atoms with E-state index < -0.39 is 13.3 Å². The van der Waals surface area contributed by atoms with E-state index in [4.69, 9.17) is 9.47 Å². The van der Waals surface area contributed by atoms with Gasteiger partial charge in [-0.3, -0.25) is 18.1 Å². The van der Waals surface area contributed by atoms with Crippen LogP contribution in [0.4, 0.5) is 8.78 Å². The Kier molecular flexibility index (Phi) is 10.1. The number of ether oxygens (including phenoxy) is 2. The summed E-state index contributed by atoms with van der Waals surface area (Å²) in [5.74, 6) is 1.11. The summed E-state index contributed by atoms with van der Waals surface area (Å²) in [5, 5.41) is 4.02. The number of rotatable bonds is 15. The number of halogens is 2. The zero-order valence-electron chi connectivity index (χ0n) is 18.8. The first-order chi connectivity index (χ1) is 16.2. The van der Waals surface area contributed by atoms with Crippen LogP contribution in [-0.2, 0) is 13.0 Å². The van der Waals surface area contributed by atoms with Crippen molar-refractivity contribution in [2.45, 2.75) is 32.2 Å². The lowest BCUT2D eigenvalue weighted by molar-refractivity contribution is 0.248. The molecule has 2 aromatic carbocycles. The smallest absolute Gasteiger partial charge is 0.261 e.